The number of ether oxygens (including phenoxy) is 1. The molecule has 20 heavy (non-hydrogen) atoms. The van der Waals surface area contributed by atoms with E-state index in [-0.39, 0.29) is 5.91 Å². The summed E-state index contributed by atoms with van der Waals surface area (Å²) in [5.41, 5.74) is 1.78. The molecule has 0 heterocycles. The molecule has 0 saturated carbocycles. The number of hydrogen-bond donors (Lipinski definition) is 1. The molecule has 0 bridgehead atoms. The second-order valence-electron chi connectivity index (χ2n) is 4.59. The second kappa shape index (κ2) is 9.37. The van der Waals surface area contributed by atoms with Crippen LogP contribution < -0.4 is 5.32 Å². The Morgan fingerprint density at radius 1 is 1.20 bits per heavy atom. The monoisotopic (exact) mass is 278 g/mol. The lowest BCUT2D eigenvalue weighted by molar-refractivity contribution is 0.0669. The number of hydrogen-bond acceptors (Lipinski definition) is 3. The molecule has 0 aromatic heterocycles. The molecule has 4 nitrogen and oxygen atoms in total. The fraction of sp³-hybridized carbons (Fsp3) is 0.562. The maximum Gasteiger partial charge on any atom is 0.253 e. The fourth-order valence-corrected chi connectivity index (χ4v) is 1.90. The smallest absolute Gasteiger partial charge is 0.253 e. The summed E-state index contributed by atoms with van der Waals surface area (Å²) in [5, 5.41) is 3.30. The van der Waals surface area contributed by atoms with Gasteiger partial charge in [-0.25, -0.2) is 0 Å². The van der Waals surface area contributed by atoms with Gasteiger partial charge in [0, 0.05) is 37.5 Å². The van der Waals surface area contributed by atoms with Gasteiger partial charge in [-0.15, -0.1) is 0 Å². The van der Waals surface area contributed by atoms with Gasteiger partial charge in [-0.1, -0.05) is 6.92 Å². The van der Waals surface area contributed by atoms with Crippen molar-refractivity contribution in [1.82, 2.24) is 4.90 Å². The molecule has 0 aliphatic heterocycles. The lowest BCUT2D eigenvalue weighted by atomic mass is 10.1. The van der Waals surface area contributed by atoms with Crippen molar-refractivity contribution in [2.24, 2.45) is 0 Å². The molecule has 0 radical (unpaired) electrons. The predicted molar refractivity (Wildman–Crippen MR) is 83.3 cm³/mol. The van der Waals surface area contributed by atoms with Crippen molar-refractivity contribution < 1.29 is 9.53 Å². The van der Waals surface area contributed by atoms with Crippen LogP contribution in [0.4, 0.5) is 5.69 Å². The predicted octanol–water partition coefficient (Wildman–Crippen LogP) is 3.01. The average Bonchev–Trinajstić information content (AvgIpc) is 2.49. The minimum Gasteiger partial charge on any atom is -0.385 e. The molecule has 1 N–H and O–H groups in total. The summed E-state index contributed by atoms with van der Waals surface area (Å²) < 4.78 is 5.31. The molecule has 1 amide bonds. The molecule has 0 saturated heterocycles. The summed E-state index contributed by atoms with van der Waals surface area (Å²) in [7, 11) is 0. The van der Waals surface area contributed by atoms with E-state index >= 15 is 0 Å². The molecule has 0 aliphatic rings. The Kier molecular flexibility index (Phi) is 7.73. The maximum absolute atomic E-state index is 12.3. The van der Waals surface area contributed by atoms with E-state index in [1.54, 1.807) is 0 Å². The lowest BCUT2D eigenvalue weighted by Crippen LogP contribution is -2.33. The van der Waals surface area contributed by atoms with Crippen molar-refractivity contribution in [2.45, 2.75) is 27.2 Å². The molecule has 0 unspecified atom stereocenters. The van der Waals surface area contributed by atoms with Crippen molar-refractivity contribution in [3.63, 3.8) is 0 Å². The second-order valence-corrected chi connectivity index (χ2v) is 4.59. The number of likely N-dealkylation sites (N-methyl/N-ethyl adjacent to an activating group) is 1. The van der Waals surface area contributed by atoms with Crippen LogP contribution in [0.15, 0.2) is 24.3 Å². The summed E-state index contributed by atoms with van der Waals surface area (Å²) >= 11 is 0. The summed E-state index contributed by atoms with van der Waals surface area (Å²) in [6, 6.07) is 7.67. The van der Waals surface area contributed by atoms with Gasteiger partial charge in [0.05, 0.1) is 6.61 Å². The van der Waals surface area contributed by atoms with Crippen molar-refractivity contribution >= 4 is 11.6 Å². The Balaban J connectivity index is 2.60. The first-order valence-corrected chi connectivity index (χ1v) is 7.43. The number of amides is 1. The minimum absolute atomic E-state index is 0.0641. The first-order valence-electron chi connectivity index (χ1n) is 7.43. The van der Waals surface area contributed by atoms with Gasteiger partial charge in [-0.3, -0.25) is 4.79 Å². The van der Waals surface area contributed by atoms with Gasteiger partial charge in [0.15, 0.2) is 0 Å². The molecule has 0 aliphatic carbocycles. The van der Waals surface area contributed by atoms with Gasteiger partial charge < -0.3 is 15.0 Å². The van der Waals surface area contributed by atoms with Gasteiger partial charge >= 0.3 is 0 Å². The van der Waals surface area contributed by atoms with Gasteiger partial charge in [0.25, 0.3) is 5.91 Å². The SMILES string of the molecule is CCCNc1ccc(C(=O)N(CC)CCOCC)cc1. The Hall–Kier alpha value is -1.55. The van der Waals surface area contributed by atoms with Crippen molar-refractivity contribution in [3.8, 4) is 0 Å². The van der Waals surface area contributed by atoms with Crippen LogP contribution in [0.25, 0.3) is 0 Å². The number of carbonyl (C=O) groups is 1. The Labute approximate surface area is 122 Å². The van der Waals surface area contributed by atoms with Crippen LogP contribution >= 0.6 is 0 Å². The highest BCUT2D eigenvalue weighted by atomic mass is 16.5. The van der Waals surface area contributed by atoms with Gasteiger partial charge in [-0.2, -0.15) is 0 Å². The van der Waals surface area contributed by atoms with Crippen molar-refractivity contribution in [3.05, 3.63) is 29.8 Å². The number of rotatable bonds is 9. The summed E-state index contributed by atoms with van der Waals surface area (Å²) in [5.74, 6) is 0.0641. The third-order valence-corrected chi connectivity index (χ3v) is 3.09. The van der Waals surface area contributed by atoms with Crippen LogP contribution in [0.5, 0.6) is 0 Å². The first-order chi connectivity index (χ1) is 9.72. The molecule has 4 heteroatoms. The number of anilines is 1. The maximum atomic E-state index is 12.3. The van der Waals surface area contributed by atoms with E-state index in [0.717, 1.165) is 24.2 Å². The topological polar surface area (TPSA) is 41.6 Å². The van der Waals surface area contributed by atoms with E-state index in [4.69, 9.17) is 4.74 Å². The third kappa shape index (κ3) is 5.21. The zero-order valence-electron chi connectivity index (χ0n) is 12.8. The summed E-state index contributed by atoms with van der Waals surface area (Å²) in [6.07, 6.45) is 1.09. The van der Waals surface area contributed by atoms with E-state index in [9.17, 15) is 4.79 Å². The molecule has 1 aromatic rings. The van der Waals surface area contributed by atoms with Crippen LogP contribution in [-0.2, 0) is 4.74 Å². The zero-order valence-corrected chi connectivity index (χ0v) is 12.8. The fourth-order valence-electron chi connectivity index (χ4n) is 1.90. The van der Waals surface area contributed by atoms with Gasteiger partial charge in [0.2, 0.25) is 0 Å². The van der Waals surface area contributed by atoms with Gasteiger partial charge in [-0.05, 0) is 44.5 Å². The average molecular weight is 278 g/mol. The van der Waals surface area contributed by atoms with Crippen LogP contribution in [0, 0.1) is 0 Å². The normalized spacial score (nSPS) is 10.3. The van der Waals surface area contributed by atoms with Crippen LogP contribution in [0.2, 0.25) is 0 Å². The Bertz CT molecular complexity index is 390. The molecule has 0 fully saturated rings. The quantitative estimate of drug-likeness (QED) is 0.706. The first kappa shape index (κ1) is 16.5. The van der Waals surface area contributed by atoms with E-state index in [2.05, 4.69) is 12.2 Å². The molecular formula is C16H26N2O2. The summed E-state index contributed by atoms with van der Waals surface area (Å²) in [4.78, 5) is 14.2. The largest absolute Gasteiger partial charge is 0.385 e. The number of carbonyl (C=O) groups excluding carboxylic acids is 1. The van der Waals surface area contributed by atoms with E-state index in [1.165, 1.54) is 0 Å². The standard InChI is InChI=1S/C16H26N2O2/c1-4-11-17-15-9-7-14(8-10-15)16(19)18(5-2)12-13-20-6-3/h7-10,17H,4-6,11-13H2,1-3H3. The van der Waals surface area contributed by atoms with Crippen molar-refractivity contribution in [1.29, 1.82) is 0 Å². The number of benzene rings is 1. The highest BCUT2D eigenvalue weighted by Crippen LogP contribution is 2.11. The molecule has 0 spiro atoms. The Morgan fingerprint density at radius 3 is 2.45 bits per heavy atom. The zero-order chi connectivity index (χ0) is 14.8. The Morgan fingerprint density at radius 2 is 1.90 bits per heavy atom. The van der Waals surface area contributed by atoms with Crippen LogP contribution in [0.3, 0.4) is 0 Å². The third-order valence-electron chi connectivity index (χ3n) is 3.09. The highest BCUT2D eigenvalue weighted by molar-refractivity contribution is 5.94. The molecular weight excluding hydrogens is 252 g/mol. The van der Waals surface area contributed by atoms with Crippen LogP contribution in [-0.4, -0.2) is 43.7 Å². The minimum atomic E-state index is 0.0641. The van der Waals surface area contributed by atoms with E-state index in [0.29, 0.717) is 26.3 Å². The molecule has 112 valence electrons. The van der Waals surface area contributed by atoms with E-state index < -0.39 is 0 Å². The van der Waals surface area contributed by atoms with Crippen LogP contribution in [0.1, 0.15) is 37.6 Å². The van der Waals surface area contributed by atoms with E-state index in [1.807, 2.05) is 43.0 Å². The lowest BCUT2D eigenvalue weighted by Gasteiger charge is -2.21. The number of nitrogens with one attached hydrogen (secondary N) is 1. The molecule has 1 aromatic carbocycles. The number of nitrogens with zero attached hydrogens (tertiary/aromatic N) is 1. The molecule has 0 atom stereocenters. The van der Waals surface area contributed by atoms with Crippen molar-refractivity contribution in [2.75, 3.05) is 38.2 Å². The summed E-state index contributed by atoms with van der Waals surface area (Å²) in [6.45, 7) is 9.63. The highest BCUT2D eigenvalue weighted by Gasteiger charge is 2.13. The van der Waals surface area contributed by atoms with Gasteiger partial charge in [0.1, 0.15) is 0 Å². The molecule has 1 rings (SSSR count).